The maximum atomic E-state index is 2.49. The Bertz CT molecular complexity index is 3910. The van der Waals surface area contributed by atoms with Crippen molar-refractivity contribution in [3.05, 3.63) is 303 Å². The summed E-state index contributed by atoms with van der Waals surface area (Å²) in [5.41, 5.74) is 22.9. The van der Waals surface area contributed by atoms with Gasteiger partial charge in [-0.25, -0.2) is 0 Å². The number of rotatable bonds is 12. The average Bonchev–Trinajstić information content (AvgIpc) is 4.24. The molecule has 2 aliphatic rings. The van der Waals surface area contributed by atoms with E-state index in [4.69, 9.17) is 0 Å². The maximum absolute atomic E-state index is 2.49. The highest BCUT2D eigenvalue weighted by Crippen LogP contribution is 2.66. The number of anilines is 12. The van der Waals surface area contributed by atoms with Crippen molar-refractivity contribution in [2.45, 2.75) is 0 Å². The molecule has 0 atom stereocenters. The second-order valence-electron chi connectivity index (χ2n) is 19.9. The number of para-hydroxylation sites is 8. The van der Waals surface area contributed by atoms with Crippen LogP contribution in [0.3, 0.4) is 0 Å². The van der Waals surface area contributed by atoms with Gasteiger partial charge in [-0.1, -0.05) is 194 Å². The molecule has 0 aromatic heterocycles. The third-order valence-corrected chi connectivity index (χ3v) is 15.6. The van der Waals surface area contributed by atoms with Crippen LogP contribution in [0.4, 0.5) is 68.2 Å². The topological polar surface area (TPSA) is 13.0 Å². The van der Waals surface area contributed by atoms with Crippen molar-refractivity contribution < 1.29 is 0 Å². The molecule has 4 heteroatoms. The van der Waals surface area contributed by atoms with E-state index < -0.39 is 0 Å². The van der Waals surface area contributed by atoms with Crippen LogP contribution in [0.25, 0.3) is 66.1 Å². The van der Waals surface area contributed by atoms with Gasteiger partial charge in [0.15, 0.2) is 0 Å². The van der Waals surface area contributed by atoms with Crippen LogP contribution in [-0.4, -0.2) is 0 Å². The number of nitrogens with zero attached hydrogens (tertiary/aromatic N) is 4. The lowest BCUT2D eigenvalue weighted by Gasteiger charge is -2.34. The molecule has 0 radical (unpaired) electrons. The zero-order valence-corrected chi connectivity index (χ0v) is 42.7. The first-order valence-electron chi connectivity index (χ1n) is 26.8. The Morgan fingerprint density at radius 1 is 0.167 bits per heavy atom. The summed E-state index contributed by atoms with van der Waals surface area (Å²) in [7, 11) is 0. The summed E-state index contributed by atoms with van der Waals surface area (Å²) in [5, 5.41) is 4.83. The highest BCUT2D eigenvalue weighted by atomic mass is 15.2. The van der Waals surface area contributed by atoms with Crippen LogP contribution in [0.1, 0.15) is 0 Å². The van der Waals surface area contributed by atoms with Crippen molar-refractivity contribution in [3.8, 4) is 44.5 Å². The molecule has 13 aromatic carbocycles. The van der Waals surface area contributed by atoms with E-state index in [-0.39, 0.29) is 0 Å². The van der Waals surface area contributed by atoms with Crippen LogP contribution in [0.5, 0.6) is 0 Å². The highest BCUT2D eigenvalue weighted by Gasteiger charge is 2.39. The summed E-state index contributed by atoms with van der Waals surface area (Å²) in [4.78, 5) is 9.87. The molecular formula is C74H50N4. The van der Waals surface area contributed by atoms with Gasteiger partial charge in [0.1, 0.15) is 0 Å². The Morgan fingerprint density at radius 3 is 0.615 bits per heavy atom. The van der Waals surface area contributed by atoms with E-state index in [1.807, 2.05) is 0 Å². The van der Waals surface area contributed by atoms with Gasteiger partial charge in [-0.3, -0.25) is 0 Å². The molecule has 0 bridgehead atoms. The summed E-state index contributed by atoms with van der Waals surface area (Å²) >= 11 is 0. The Kier molecular flexibility index (Phi) is 10.8. The lowest BCUT2D eigenvalue weighted by molar-refractivity contribution is 1.26. The van der Waals surface area contributed by atoms with Crippen molar-refractivity contribution in [1.82, 2.24) is 0 Å². The lowest BCUT2D eigenvalue weighted by Crippen LogP contribution is -2.15. The standard InChI is InChI=1S/C74H50N4/c1-9-27-51(28-10-1)75(52-29-11-2-12-30-52)65-49-50-66(76(53-31-13-3-14-32-53)54-33-15-4-16-34-54)70-62-46-48-64-68-63(47-45-61(67(62)68)69(65)70)71-72(64)74(78(57-39-21-7-22-40-57)58-41-23-8-24-42-58)60-44-26-25-43-59(60)73(71)77(55-35-17-5-18-36-55)56-37-19-6-20-38-56/h1-50H. The van der Waals surface area contributed by atoms with Gasteiger partial charge >= 0.3 is 0 Å². The normalized spacial score (nSPS) is 11.6. The van der Waals surface area contributed by atoms with Crippen LogP contribution < -0.4 is 19.6 Å². The minimum absolute atomic E-state index is 1.09. The molecule has 15 rings (SSSR count). The molecular weight excluding hydrogens is 945 g/mol. The third kappa shape index (κ3) is 7.15. The molecule has 0 spiro atoms. The number of benzene rings is 13. The smallest absolute Gasteiger partial charge is 0.0626 e. The summed E-state index contributed by atoms with van der Waals surface area (Å²) < 4.78 is 0. The second kappa shape index (κ2) is 18.7. The molecule has 0 heterocycles. The fraction of sp³-hybridized carbons (Fsp3) is 0. The van der Waals surface area contributed by atoms with Crippen LogP contribution in [0.15, 0.2) is 303 Å². The molecule has 0 saturated heterocycles. The molecule has 0 saturated carbocycles. The SMILES string of the molecule is c1ccc(N(c2ccccc2)c2ccc(N(c3ccccc3)c3ccccc3)c3c2-c2ccc4c5c(ccc-3c25)-c2c-4c(N(c3ccccc3)c3ccccc3)c3ccccc3c2N(c2ccccc2)c2ccccc2)cc1. The summed E-state index contributed by atoms with van der Waals surface area (Å²) in [6.07, 6.45) is 0. The molecule has 366 valence electrons. The largest absolute Gasteiger partial charge is 0.310 e. The number of fused-ring (bicyclic) bond motifs is 7. The van der Waals surface area contributed by atoms with E-state index in [1.165, 1.54) is 55.3 Å². The van der Waals surface area contributed by atoms with Crippen molar-refractivity contribution >= 4 is 89.8 Å². The van der Waals surface area contributed by atoms with Gasteiger partial charge in [0, 0.05) is 78.5 Å². The third-order valence-electron chi connectivity index (χ3n) is 15.6. The van der Waals surface area contributed by atoms with Crippen molar-refractivity contribution in [2.75, 3.05) is 19.6 Å². The Hall–Kier alpha value is -10.4. The fourth-order valence-corrected chi connectivity index (χ4v) is 12.5. The lowest BCUT2D eigenvalue weighted by atomic mass is 9.90. The highest BCUT2D eigenvalue weighted by molar-refractivity contribution is 6.34. The molecule has 0 amide bonds. The molecule has 78 heavy (non-hydrogen) atoms. The van der Waals surface area contributed by atoms with Crippen molar-refractivity contribution in [1.29, 1.82) is 0 Å². The van der Waals surface area contributed by atoms with E-state index >= 15 is 0 Å². The van der Waals surface area contributed by atoms with Gasteiger partial charge in [0.2, 0.25) is 0 Å². The van der Waals surface area contributed by atoms with Crippen LogP contribution in [0, 0.1) is 0 Å². The van der Waals surface area contributed by atoms with Gasteiger partial charge in [0.05, 0.1) is 22.7 Å². The second-order valence-corrected chi connectivity index (χ2v) is 19.9. The number of hydrogen-bond donors (Lipinski definition) is 0. The Balaban J connectivity index is 1.10. The van der Waals surface area contributed by atoms with Crippen molar-refractivity contribution in [2.24, 2.45) is 0 Å². The summed E-state index contributed by atoms with van der Waals surface area (Å²) in [5.74, 6) is 0. The van der Waals surface area contributed by atoms with E-state index in [9.17, 15) is 0 Å². The first-order chi connectivity index (χ1) is 38.8. The quantitative estimate of drug-likeness (QED) is 0.113. The predicted octanol–water partition coefficient (Wildman–Crippen LogP) is 21.2. The fourth-order valence-electron chi connectivity index (χ4n) is 12.5. The van der Waals surface area contributed by atoms with Crippen LogP contribution in [0.2, 0.25) is 0 Å². The van der Waals surface area contributed by atoms with E-state index in [0.717, 1.165) is 79.0 Å². The van der Waals surface area contributed by atoms with Gasteiger partial charge in [-0.15, -0.1) is 0 Å². The van der Waals surface area contributed by atoms with Gasteiger partial charge < -0.3 is 19.6 Å². The first-order valence-corrected chi connectivity index (χ1v) is 26.8. The van der Waals surface area contributed by atoms with Crippen molar-refractivity contribution in [3.63, 3.8) is 0 Å². The maximum Gasteiger partial charge on any atom is 0.0626 e. The molecule has 2 aliphatic carbocycles. The predicted molar refractivity (Wildman–Crippen MR) is 329 cm³/mol. The van der Waals surface area contributed by atoms with Gasteiger partial charge in [-0.2, -0.15) is 0 Å². The van der Waals surface area contributed by atoms with E-state index in [1.54, 1.807) is 0 Å². The van der Waals surface area contributed by atoms with E-state index in [2.05, 4.69) is 323 Å². The van der Waals surface area contributed by atoms with Gasteiger partial charge in [-0.05, 0) is 142 Å². The minimum atomic E-state index is 1.09. The first kappa shape index (κ1) is 45.0. The summed E-state index contributed by atoms with van der Waals surface area (Å²) in [6, 6.07) is 110. The molecule has 0 N–H and O–H groups in total. The van der Waals surface area contributed by atoms with Crippen LogP contribution in [-0.2, 0) is 0 Å². The molecule has 0 fully saturated rings. The monoisotopic (exact) mass is 994 g/mol. The average molecular weight is 995 g/mol. The van der Waals surface area contributed by atoms with Gasteiger partial charge in [0.25, 0.3) is 0 Å². The Morgan fingerprint density at radius 2 is 0.372 bits per heavy atom. The summed E-state index contributed by atoms with van der Waals surface area (Å²) in [6.45, 7) is 0. The molecule has 13 aromatic rings. The van der Waals surface area contributed by atoms with E-state index in [0.29, 0.717) is 0 Å². The zero-order valence-electron chi connectivity index (χ0n) is 42.7. The molecule has 4 nitrogen and oxygen atoms in total. The zero-order chi connectivity index (χ0) is 51.5. The van der Waals surface area contributed by atoms with Crippen LogP contribution >= 0.6 is 0 Å². The minimum Gasteiger partial charge on any atom is -0.310 e. The molecule has 0 unspecified atom stereocenters. The number of hydrogen-bond acceptors (Lipinski definition) is 4. The Labute approximate surface area is 454 Å². The molecule has 0 aliphatic heterocycles.